The van der Waals surface area contributed by atoms with Gasteiger partial charge in [-0.25, -0.2) is 0 Å². The molecule has 2 fully saturated rings. The first-order valence-corrected chi connectivity index (χ1v) is 10.6. The molecule has 0 aromatic heterocycles. The zero-order valence-corrected chi connectivity index (χ0v) is 17.4. The zero-order valence-electron chi connectivity index (χ0n) is 17.4. The largest absolute Gasteiger partial charge is 0.455 e. The van der Waals surface area contributed by atoms with Gasteiger partial charge in [0.2, 0.25) is 0 Å². The van der Waals surface area contributed by atoms with Crippen LogP contribution in [0.25, 0.3) is 0 Å². The molecule has 2 aromatic rings. The van der Waals surface area contributed by atoms with Gasteiger partial charge in [-0.2, -0.15) is 0 Å². The number of amides is 1. The predicted molar refractivity (Wildman–Crippen MR) is 114 cm³/mol. The molecule has 5 heteroatoms. The van der Waals surface area contributed by atoms with Crippen molar-refractivity contribution in [3.63, 3.8) is 0 Å². The van der Waals surface area contributed by atoms with E-state index in [-0.39, 0.29) is 36.1 Å². The van der Waals surface area contributed by atoms with Gasteiger partial charge < -0.3 is 10.1 Å². The van der Waals surface area contributed by atoms with Crippen molar-refractivity contribution in [2.45, 2.75) is 33.1 Å². The normalized spacial score (nSPS) is 24.5. The third kappa shape index (κ3) is 3.89. The van der Waals surface area contributed by atoms with E-state index in [2.05, 4.69) is 5.32 Å². The van der Waals surface area contributed by atoms with Gasteiger partial charge in [-0.05, 0) is 62.1 Å². The van der Waals surface area contributed by atoms with E-state index in [1.165, 1.54) is 0 Å². The predicted octanol–water partition coefficient (Wildman–Crippen LogP) is 4.33. The molecule has 0 heterocycles. The molecule has 30 heavy (non-hydrogen) atoms. The zero-order chi connectivity index (χ0) is 21.3. The number of hydrogen-bond donors (Lipinski definition) is 1. The molecule has 0 spiro atoms. The highest BCUT2D eigenvalue weighted by atomic mass is 16.5. The molecule has 1 N–H and O–H groups in total. The number of esters is 1. The monoisotopic (exact) mass is 405 g/mol. The number of Topliss-reactive ketones (excluding diaryl/α,β-unsaturated/α-hetero) is 1. The fourth-order valence-electron chi connectivity index (χ4n) is 5.11. The Kier molecular flexibility index (Phi) is 5.71. The number of nitrogens with one attached hydrogen (secondary N) is 1. The van der Waals surface area contributed by atoms with Gasteiger partial charge in [0.05, 0.1) is 5.92 Å². The van der Waals surface area contributed by atoms with Crippen LogP contribution in [0.2, 0.25) is 0 Å². The minimum atomic E-state index is -0.454. The summed E-state index contributed by atoms with van der Waals surface area (Å²) >= 11 is 0. The lowest BCUT2D eigenvalue weighted by atomic mass is 9.75. The molecule has 1 amide bonds. The topological polar surface area (TPSA) is 72.5 Å². The molecular formula is C25H27NO4. The Balaban J connectivity index is 1.41. The van der Waals surface area contributed by atoms with Crippen LogP contribution in [0, 0.1) is 37.5 Å². The van der Waals surface area contributed by atoms with Crippen LogP contribution >= 0.6 is 0 Å². The van der Waals surface area contributed by atoms with E-state index in [4.69, 9.17) is 4.74 Å². The minimum Gasteiger partial charge on any atom is -0.455 e. The van der Waals surface area contributed by atoms with Crippen LogP contribution in [0.5, 0.6) is 0 Å². The molecule has 4 rings (SSSR count). The minimum absolute atomic E-state index is 0.0181. The van der Waals surface area contributed by atoms with E-state index in [0.29, 0.717) is 11.3 Å². The van der Waals surface area contributed by atoms with Crippen LogP contribution in [0.15, 0.2) is 48.5 Å². The summed E-state index contributed by atoms with van der Waals surface area (Å²) in [6.45, 7) is 3.57. The molecule has 0 radical (unpaired) electrons. The first-order valence-electron chi connectivity index (χ1n) is 10.6. The van der Waals surface area contributed by atoms with E-state index >= 15 is 0 Å². The summed E-state index contributed by atoms with van der Waals surface area (Å²) in [5, 5.41) is 2.81. The summed E-state index contributed by atoms with van der Waals surface area (Å²) in [6, 6.07) is 14.8. The van der Waals surface area contributed by atoms with Crippen LogP contribution < -0.4 is 5.32 Å². The van der Waals surface area contributed by atoms with Gasteiger partial charge in [-0.3, -0.25) is 14.4 Å². The van der Waals surface area contributed by atoms with E-state index < -0.39 is 11.9 Å². The van der Waals surface area contributed by atoms with Gasteiger partial charge in [-0.1, -0.05) is 42.5 Å². The highest BCUT2D eigenvalue weighted by molar-refractivity contribution is 6.01. The van der Waals surface area contributed by atoms with E-state index in [1.54, 1.807) is 12.1 Å². The van der Waals surface area contributed by atoms with Gasteiger partial charge in [0.15, 0.2) is 12.4 Å². The molecule has 5 nitrogen and oxygen atoms in total. The molecule has 2 aliphatic carbocycles. The van der Waals surface area contributed by atoms with Crippen molar-refractivity contribution in [1.29, 1.82) is 0 Å². The van der Waals surface area contributed by atoms with Crippen LogP contribution in [0.4, 0.5) is 5.69 Å². The highest BCUT2D eigenvalue weighted by Gasteiger charge is 2.54. The first kappa shape index (κ1) is 20.3. The Morgan fingerprint density at radius 1 is 0.933 bits per heavy atom. The van der Waals surface area contributed by atoms with Crippen molar-refractivity contribution in [3.8, 4) is 0 Å². The number of carbonyl (C=O) groups is 3. The van der Waals surface area contributed by atoms with Gasteiger partial charge >= 0.3 is 5.97 Å². The van der Waals surface area contributed by atoms with Crippen LogP contribution in [0.3, 0.4) is 0 Å². The number of fused-ring (bicyclic) bond motifs is 2. The second-order valence-electron chi connectivity index (χ2n) is 8.52. The molecule has 2 aromatic carbocycles. The number of aryl methyl sites for hydroxylation is 1. The second-order valence-corrected chi connectivity index (χ2v) is 8.52. The van der Waals surface area contributed by atoms with Crippen molar-refractivity contribution in [2.75, 3.05) is 11.9 Å². The molecule has 156 valence electrons. The summed E-state index contributed by atoms with van der Waals surface area (Å²) in [5.41, 5.74) is 3.42. The Morgan fingerprint density at radius 3 is 2.37 bits per heavy atom. The number of ether oxygens (including phenoxy) is 1. The third-order valence-electron chi connectivity index (χ3n) is 6.77. The number of rotatable bonds is 6. The van der Waals surface area contributed by atoms with Crippen molar-refractivity contribution in [3.05, 3.63) is 65.2 Å². The standard InChI is InChI=1S/C25H27NO4/c1-15-7-6-10-20(16(15)2)26-21(27)14-30-25(29)23-19-12-11-18(13-19)22(23)24(28)17-8-4-3-5-9-17/h3-10,18-19,22-23H,11-14H2,1-2H3,(H,26,27)/t18-,19+,22-,23-/m0/s1. The number of carbonyl (C=O) groups excluding carboxylic acids is 3. The number of anilines is 1. The number of ketones is 1. The fourth-order valence-corrected chi connectivity index (χ4v) is 5.11. The first-order chi connectivity index (χ1) is 14.5. The summed E-state index contributed by atoms with van der Waals surface area (Å²) in [7, 11) is 0. The lowest BCUT2D eigenvalue weighted by molar-refractivity contribution is -0.154. The quantitative estimate of drug-likeness (QED) is 0.573. The van der Waals surface area contributed by atoms with Gasteiger partial charge in [0.25, 0.3) is 5.91 Å². The highest BCUT2D eigenvalue weighted by Crippen LogP contribution is 2.53. The van der Waals surface area contributed by atoms with Gasteiger partial charge in [0.1, 0.15) is 0 Å². The number of hydrogen-bond acceptors (Lipinski definition) is 4. The van der Waals surface area contributed by atoms with Crippen molar-refractivity contribution >= 4 is 23.3 Å². The molecule has 0 saturated heterocycles. The smallest absolute Gasteiger partial charge is 0.310 e. The van der Waals surface area contributed by atoms with Gasteiger partial charge in [0, 0.05) is 17.2 Å². The van der Waals surface area contributed by atoms with Crippen molar-refractivity contribution in [2.24, 2.45) is 23.7 Å². The molecule has 2 saturated carbocycles. The summed E-state index contributed by atoms with van der Waals surface area (Å²) < 4.78 is 5.40. The van der Waals surface area contributed by atoms with Crippen LogP contribution in [-0.4, -0.2) is 24.3 Å². The van der Waals surface area contributed by atoms with Crippen LogP contribution in [-0.2, 0) is 14.3 Å². The van der Waals surface area contributed by atoms with Crippen LogP contribution in [0.1, 0.15) is 40.7 Å². The average molecular weight is 405 g/mol. The number of benzene rings is 2. The second kappa shape index (κ2) is 8.42. The van der Waals surface area contributed by atoms with E-state index in [1.807, 2.05) is 50.2 Å². The Labute approximate surface area is 176 Å². The van der Waals surface area contributed by atoms with E-state index in [9.17, 15) is 14.4 Å². The molecular weight excluding hydrogens is 378 g/mol. The molecule has 0 aliphatic heterocycles. The Hall–Kier alpha value is -2.95. The summed E-state index contributed by atoms with van der Waals surface area (Å²) in [4.78, 5) is 38.4. The van der Waals surface area contributed by atoms with Crippen molar-refractivity contribution in [1.82, 2.24) is 0 Å². The Bertz CT molecular complexity index is 968. The van der Waals surface area contributed by atoms with Crippen molar-refractivity contribution < 1.29 is 19.1 Å². The fraction of sp³-hybridized carbons (Fsp3) is 0.400. The maximum absolute atomic E-state index is 13.1. The molecule has 2 bridgehead atoms. The van der Waals surface area contributed by atoms with E-state index in [0.717, 1.165) is 30.4 Å². The Morgan fingerprint density at radius 2 is 1.63 bits per heavy atom. The summed E-state index contributed by atoms with van der Waals surface area (Å²) in [6.07, 6.45) is 2.81. The lowest BCUT2D eigenvalue weighted by Gasteiger charge is -2.28. The summed E-state index contributed by atoms with van der Waals surface area (Å²) in [5.74, 6) is -1.18. The SMILES string of the molecule is Cc1cccc(NC(=O)COC(=O)[C@H]2[C@@H]3CC[C@@H](C3)[C@@H]2C(=O)c2ccccc2)c1C. The van der Waals surface area contributed by atoms with Gasteiger partial charge in [-0.15, -0.1) is 0 Å². The maximum atomic E-state index is 13.1. The maximum Gasteiger partial charge on any atom is 0.310 e. The molecule has 0 unspecified atom stereocenters. The molecule has 2 aliphatic rings. The molecule has 4 atom stereocenters. The lowest BCUT2D eigenvalue weighted by Crippen LogP contribution is -2.37. The average Bonchev–Trinajstić information content (AvgIpc) is 3.37. The third-order valence-corrected chi connectivity index (χ3v) is 6.77.